The van der Waals surface area contributed by atoms with Gasteiger partial charge in [-0.15, -0.1) is 0 Å². The molecule has 2 rings (SSSR count). The van der Waals surface area contributed by atoms with Crippen LogP contribution in [0.15, 0.2) is 33.2 Å². The lowest BCUT2D eigenvalue weighted by atomic mass is 10.1. The van der Waals surface area contributed by atoms with E-state index in [0.29, 0.717) is 21.3 Å². The average Bonchev–Trinajstić information content (AvgIpc) is 2.65. The first-order valence-electron chi connectivity index (χ1n) is 7.70. The summed E-state index contributed by atoms with van der Waals surface area (Å²) < 4.78 is 10.4. The molecule has 0 aliphatic heterocycles. The zero-order valence-electron chi connectivity index (χ0n) is 15.5. The maximum absolute atomic E-state index is 11.3. The molecule has 0 aliphatic carbocycles. The highest BCUT2D eigenvalue weighted by Gasteiger charge is 2.20. The van der Waals surface area contributed by atoms with Gasteiger partial charge in [-0.2, -0.15) is 0 Å². The van der Waals surface area contributed by atoms with Crippen LogP contribution in [-0.4, -0.2) is 31.1 Å². The molecule has 0 aromatic heterocycles. The van der Waals surface area contributed by atoms with E-state index in [0.717, 1.165) is 10.0 Å². The molecule has 0 spiro atoms. The molecule has 0 amide bonds. The molecule has 0 heterocycles. The average molecular weight is 518 g/mol. The Morgan fingerprint density at radius 1 is 0.929 bits per heavy atom. The fraction of sp³-hybridized carbons (Fsp3) is 0.222. The van der Waals surface area contributed by atoms with Crippen LogP contribution in [0.5, 0.6) is 0 Å². The number of nitro benzene ring substituents is 1. The molecule has 0 atom stereocenters. The molecule has 10 heteroatoms. The number of nitrogens with two attached hydrogens (primary N) is 1. The topological polar surface area (TPSA) is 122 Å². The van der Waals surface area contributed by atoms with Crippen molar-refractivity contribution in [1.29, 1.82) is 0 Å². The predicted octanol–water partition coefficient (Wildman–Crippen LogP) is 4.58. The van der Waals surface area contributed by atoms with Gasteiger partial charge < -0.3 is 15.2 Å². The second kappa shape index (κ2) is 10.2. The van der Waals surface area contributed by atoms with Crippen molar-refractivity contribution in [3.05, 3.63) is 65.6 Å². The van der Waals surface area contributed by atoms with Gasteiger partial charge in [0.2, 0.25) is 0 Å². The number of hydrogen-bond acceptors (Lipinski definition) is 7. The number of nitro groups is 1. The van der Waals surface area contributed by atoms with Crippen LogP contribution in [0.1, 0.15) is 31.8 Å². The van der Waals surface area contributed by atoms with E-state index in [1.54, 1.807) is 19.1 Å². The summed E-state index contributed by atoms with van der Waals surface area (Å²) in [6.07, 6.45) is 0. The van der Waals surface area contributed by atoms with Gasteiger partial charge in [-0.3, -0.25) is 10.1 Å². The Kier molecular flexibility index (Phi) is 8.58. The van der Waals surface area contributed by atoms with Crippen LogP contribution < -0.4 is 5.73 Å². The molecule has 0 aliphatic rings. The van der Waals surface area contributed by atoms with E-state index in [1.165, 1.54) is 33.3 Å². The maximum Gasteiger partial charge on any atom is 0.338 e. The number of ether oxygens (including phenoxy) is 2. The fourth-order valence-corrected chi connectivity index (χ4v) is 3.12. The Morgan fingerprint density at radius 3 is 1.79 bits per heavy atom. The van der Waals surface area contributed by atoms with Gasteiger partial charge in [0.25, 0.3) is 5.69 Å². The van der Waals surface area contributed by atoms with Gasteiger partial charge in [0.05, 0.1) is 30.3 Å². The monoisotopic (exact) mass is 516 g/mol. The second-order valence-electron chi connectivity index (χ2n) is 5.51. The normalized spacial score (nSPS) is 9.79. The second-order valence-corrected chi connectivity index (χ2v) is 7.34. The summed E-state index contributed by atoms with van der Waals surface area (Å²) in [6.45, 7) is 3.30. The number of esters is 2. The van der Waals surface area contributed by atoms with E-state index < -0.39 is 10.9 Å². The highest BCUT2D eigenvalue weighted by Crippen LogP contribution is 2.27. The van der Waals surface area contributed by atoms with Crippen molar-refractivity contribution in [3.8, 4) is 0 Å². The number of halogens is 2. The summed E-state index contributed by atoms with van der Waals surface area (Å²) in [5, 5.41) is 10.7. The van der Waals surface area contributed by atoms with Crippen LogP contribution in [-0.2, 0) is 9.47 Å². The molecule has 0 saturated carbocycles. The summed E-state index contributed by atoms with van der Waals surface area (Å²) >= 11 is 6.36. The predicted molar refractivity (Wildman–Crippen MR) is 112 cm³/mol. The first-order chi connectivity index (χ1) is 13.0. The minimum Gasteiger partial charge on any atom is -0.465 e. The standard InChI is InChI=1S/C9H8BrNO4.C9H10BrNO2/c1-5-7(9(12)15-2)3-6(10)4-8(5)11(13)14;1-5-7(9(12)13-2)3-6(10)4-8(5)11/h3-4H,1-2H3;3-4H,11H2,1-2H3. The molecule has 0 radical (unpaired) electrons. The van der Waals surface area contributed by atoms with Gasteiger partial charge in [-0.05, 0) is 37.6 Å². The van der Waals surface area contributed by atoms with Gasteiger partial charge in [-0.1, -0.05) is 31.9 Å². The highest BCUT2D eigenvalue weighted by atomic mass is 79.9. The van der Waals surface area contributed by atoms with Gasteiger partial charge in [0, 0.05) is 26.3 Å². The number of methoxy groups -OCH3 is 2. The molecule has 2 aromatic rings. The first kappa shape index (κ1) is 23.6. The van der Waals surface area contributed by atoms with Gasteiger partial charge >= 0.3 is 11.9 Å². The molecular weight excluding hydrogens is 500 g/mol. The molecule has 0 saturated heterocycles. The van der Waals surface area contributed by atoms with Gasteiger partial charge in [0.15, 0.2) is 0 Å². The van der Waals surface area contributed by atoms with E-state index in [9.17, 15) is 19.7 Å². The minimum atomic E-state index is -0.586. The summed E-state index contributed by atoms with van der Waals surface area (Å²) in [5.74, 6) is -0.956. The Bertz CT molecular complexity index is 931. The Morgan fingerprint density at radius 2 is 1.36 bits per heavy atom. The zero-order chi connectivity index (χ0) is 21.6. The van der Waals surface area contributed by atoms with Crippen LogP contribution in [0.2, 0.25) is 0 Å². The Labute approximate surface area is 178 Å². The molecule has 0 bridgehead atoms. The first-order valence-corrected chi connectivity index (χ1v) is 9.28. The number of hydrogen-bond donors (Lipinski definition) is 1. The van der Waals surface area contributed by atoms with Crippen molar-refractivity contribution in [3.63, 3.8) is 0 Å². The number of benzene rings is 2. The van der Waals surface area contributed by atoms with Crippen molar-refractivity contribution in [2.45, 2.75) is 13.8 Å². The van der Waals surface area contributed by atoms with Crippen LogP contribution in [0.4, 0.5) is 11.4 Å². The quantitative estimate of drug-likeness (QED) is 0.273. The van der Waals surface area contributed by atoms with E-state index in [2.05, 4.69) is 41.3 Å². The van der Waals surface area contributed by atoms with Crippen molar-refractivity contribution >= 4 is 55.2 Å². The van der Waals surface area contributed by atoms with Crippen LogP contribution in [0, 0.1) is 24.0 Å². The molecule has 8 nitrogen and oxygen atoms in total. The smallest absolute Gasteiger partial charge is 0.338 e. The molecule has 28 heavy (non-hydrogen) atoms. The fourth-order valence-electron chi connectivity index (χ4n) is 2.20. The van der Waals surface area contributed by atoms with Crippen LogP contribution in [0.3, 0.4) is 0 Å². The summed E-state index contributed by atoms with van der Waals surface area (Å²) in [4.78, 5) is 32.7. The van der Waals surface area contributed by atoms with E-state index in [1.807, 2.05) is 0 Å². The highest BCUT2D eigenvalue weighted by molar-refractivity contribution is 9.10. The maximum atomic E-state index is 11.3. The summed E-state index contributed by atoms with van der Waals surface area (Å²) in [7, 11) is 2.58. The van der Waals surface area contributed by atoms with Crippen molar-refractivity contribution < 1.29 is 24.0 Å². The number of anilines is 1. The number of nitrogen functional groups attached to an aromatic ring is 1. The molecule has 2 aromatic carbocycles. The third kappa shape index (κ3) is 5.77. The third-order valence-corrected chi connectivity index (χ3v) is 4.68. The zero-order valence-corrected chi connectivity index (χ0v) is 18.7. The van der Waals surface area contributed by atoms with Crippen molar-refractivity contribution in [1.82, 2.24) is 0 Å². The lowest BCUT2D eigenvalue weighted by Gasteiger charge is -2.07. The number of carbonyl (C=O) groups excluding carboxylic acids is 2. The summed E-state index contributed by atoms with van der Waals surface area (Å²) in [6, 6.07) is 6.29. The van der Waals surface area contributed by atoms with E-state index in [4.69, 9.17) is 5.73 Å². The number of rotatable bonds is 3. The largest absolute Gasteiger partial charge is 0.465 e. The van der Waals surface area contributed by atoms with Crippen LogP contribution in [0.25, 0.3) is 0 Å². The molecule has 0 fully saturated rings. The van der Waals surface area contributed by atoms with E-state index >= 15 is 0 Å². The molecular formula is C18H18Br2N2O6. The van der Waals surface area contributed by atoms with E-state index in [-0.39, 0.29) is 17.2 Å². The number of nitrogens with zero attached hydrogens (tertiary/aromatic N) is 1. The Balaban J connectivity index is 0.000000283. The lowest BCUT2D eigenvalue weighted by Crippen LogP contribution is -2.06. The van der Waals surface area contributed by atoms with Crippen LogP contribution >= 0.6 is 31.9 Å². The molecule has 150 valence electrons. The van der Waals surface area contributed by atoms with Crippen molar-refractivity contribution in [2.75, 3.05) is 20.0 Å². The number of carbonyl (C=O) groups is 2. The van der Waals surface area contributed by atoms with Gasteiger partial charge in [-0.25, -0.2) is 9.59 Å². The molecule has 2 N–H and O–H groups in total. The lowest BCUT2D eigenvalue weighted by molar-refractivity contribution is -0.385. The minimum absolute atomic E-state index is 0.107. The Hall–Kier alpha value is -2.46. The SMILES string of the molecule is COC(=O)c1cc(Br)cc(N)c1C.COC(=O)c1cc(Br)cc([N+](=O)[O-])c1C. The van der Waals surface area contributed by atoms with Gasteiger partial charge in [0.1, 0.15) is 0 Å². The molecule has 0 unspecified atom stereocenters. The third-order valence-electron chi connectivity index (χ3n) is 3.76. The summed E-state index contributed by atoms with van der Waals surface area (Å²) in [5.41, 5.74) is 7.88. The van der Waals surface area contributed by atoms with Crippen molar-refractivity contribution in [2.24, 2.45) is 0 Å².